The number of hydrogen-bond acceptors (Lipinski definition) is 4. The maximum Gasteiger partial charge on any atom is 0.238 e. The van der Waals surface area contributed by atoms with Gasteiger partial charge < -0.3 is 8.98 Å². The molecule has 0 aliphatic rings. The van der Waals surface area contributed by atoms with Crippen molar-refractivity contribution in [3.63, 3.8) is 0 Å². The van der Waals surface area contributed by atoms with Crippen molar-refractivity contribution in [3.05, 3.63) is 164 Å². The van der Waals surface area contributed by atoms with Crippen LogP contribution in [0.15, 0.2) is 168 Å². The molecule has 0 aliphatic heterocycles. The average molecular weight is 664 g/mol. The fourth-order valence-corrected chi connectivity index (χ4v) is 7.28. The highest BCUT2D eigenvalue weighted by Gasteiger charge is 2.24. The smallest absolute Gasteiger partial charge is 0.238 e. The number of nitrogens with zero attached hydrogens (tertiary/aromatic N) is 5. The predicted molar refractivity (Wildman–Crippen MR) is 207 cm³/mol. The Bertz CT molecular complexity index is 3600. The number of para-hydroxylation sites is 4. The lowest BCUT2D eigenvalue weighted by atomic mass is 10.1. The first-order valence-electron chi connectivity index (χ1n) is 21.2. The lowest BCUT2D eigenvalue weighted by Crippen LogP contribution is -2.07. The Hall–Kier alpha value is -7.05. The molecule has 4 heterocycles. The van der Waals surface area contributed by atoms with Crippen molar-refractivity contribution >= 4 is 65.6 Å². The van der Waals surface area contributed by atoms with Crippen LogP contribution in [0.3, 0.4) is 0 Å². The first-order chi connectivity index (χ1) is 29.5. The van der Waals surface area contributed by atoms with Gasteiger partial charge in [0.05, 0.1) is 41.5 Å². The Labute approximate surface area is 305 Å². The van der Waals surface area contributed by atoms with Gasteiger partial charge >= 0.3 is 0 Å². The summed E-state index contributed by atoms with van der Waals surface area (Å²) in [4.78, 5) is 14.3. The number of fused-ring (bicyclic) bond motifs is 10. The molecule has 0 fully saturated rings. The quantitative estimate of drug-likeness (QED) is 0.188. The minimum Gasteiger partial charge on any atom is -0.454 e. The van der Waals surface area contributed by atoms with E-state index in [0.717, 1.165) is 54.6 Å². The zero-order chi connectivity index (χ0) is 42.2. The van der Waals surface area contributed by atoms with Gasteiger partial charge in [0.2, 0.25) is 5.95 Å². The van der Waals surface area contributed by atoms with E-state index < -0.39 is 60.4 Å². The average Bonchev–Trinajstić information content (AvgIpc) is 3.94. The van der Waals surface area contributed by atoms with E-state index >= 15 is 0 Å². The summed E-state index contributed by atoms with van der Waals surface area (Å²) in [5.74, 6) is -0.792. The van der Waals surface area contributed by atoms with E-state index in [4.69, 9.17) is 28.1 Å². The lowest BCUT2D eigenvalue weighted by Gasteiger charge is -2.13. The highest BCUT2D eigenvalue weighted by molar-refractivity contribution is 6.24. The molecule has 0 unspecified atom stereocenters. The molecule has 0 spiro atoms. The number of rotatable bonds is 4. The predicted octanol–water partition coefficient (Wildman–Crippen LogP) is 11.3. The maximum atomic E-state index is 8.88. The summed E-state index contributed by atoms with van der Waals surface area (Å²) < 4.78 is 96.5. The summed E-state index contributed by atoms with van der Waals surface area (Å²) in [7, 11) is 0. The van der Waals surface area contributed by atoms with Crippen molar-refractivity contribution in [2.45, 2.75) is 0 Å². The Morgan fingerprint density at radius 3 is 1.63 bits per heavy atom. The highest BCUT2D eigenvalue weighted by atomic mass is 16.3. The zero-order valence-electron chi connectivity index (χ0n) is 36.5. The molecular weight excluding hydrogens is 627 g/mol. The van der Waals surface area contributed by atoms with E-state index in [1.54, 1.807) is 4.57 Å². The van der Waals surface area contributed by atoms with E-state index in [1.165, 1.54) is 0 Å². The molecule has 0 N–H and O–H groups in total. The van der Waals surface area contributed by atoms with E-state index in [-0.39, 0.29) is 28.7 Å². The molecule has 6 heteroatoms. The molecule has 11 aromatic rings. The second-order valence-corrected chi connectivity index (χ2v) is 12.1. The minimum absolute atomic E-state index is 0.0870. The Morgan fingerprint density at radius 1 is 0.451 bits per heavy atom. The van der Waals surface area contributed by atoms with E-state index in [2.05, 4.69) is 15.6 Å². The van der Waals surface area contributed by atoms with Crippen LogP contribution in [0.1, 0.15) is 13.7 Å². The molecule has 0 amide bonds. The zero-order valence-corrected chi connectivity index (χ0v) is 26.5. The van der Waals surface area contributed by atoms with Crippen molar-refractivity contribution < 1.29 is 18.1 Å². The Balaban J connectivity index is 1.34. The van der Waals surface area contributed by atoms with Crippen LogP contribution in [-0.4, -0.2) is 24.1 Å². The van der Waals surface area contributed by atoms with Crippen LogP contribution >= 0.6 is 0 Å². The number of aromatic nitrogens is 5. The van der Waals surface area contributed by atoms with Gasteiger partial charge in [0.15, 0.2) is 17.2 Å². The van der Waals surface area contributed by atoms with Crippen molar-refractivity contribution in [2.24, 2.45) is 0 Å². The van der Waals surface area contributed by atoms with Crippen LogP contribution in [-0.2, 0) is 0 Å². The number of benzene rings is 7. The van der Waals surface area contributed by atoms with Crippen LogP contribution in [0.25, 0.3) is 100.0 Å². The maximum absolute atomic E-state index is 8.88. The van der Waals surface area contributed by atoms with Crippen LogP contribution in [0.5, 0.6) is 0 Å². The van der Waals surface area contributed by atoms with Gasteiger partial charge in [-0.05, 0) is 24.3 Å². The molecule has 11 rings (SSSR count). The minimum atomic E-state index is -0.620. The number of furan rings is 1. The fraction of sp³-hybridized carbons (Fsp3) is 0. The van der Waals surface area contributed by atoms with Gasteiger partial charge in [-0.3, -0.25) is 4.57 Å². The third kappa shape index (κ3) is 4.07. The molecule has 0 aliphatic carbocycles. The highest BCUT2D eigenvalue weighted by Crippen LogP contribution is 2.43. The molecular formula is C45H27N5O. The SMILES string of the molecule is [2H]c1c([2H])c([2H])c(-c2nc(-c3c([2H])c([2H])c([2H])c([2H])c3[2H])nc(-n3c4ccccc4c4ccc5c6ccccc6n(-c6cccc7c6oc6ccccc67)c5c43)n2)c([2H])c1[2H]. The molecule has 51 heavy (non-hydrogen) atoms. The summed E-state index contributed by atoms with van der Waals surface area (Å²) in [5, 5.41) is 5.33. The molecule has 0 radical (unpaired) electrons. The standard InChI is InChI=1S/C45H27N5O/c1-3-14-28(15-4-1)43-46-44(29-16-5-2-6-17-29)48-45(47-43)50-37-23-11-8-19-31(37)34-27-26-33-30-18-7-10-22-36(30)49(40(33)41(34)50)38-24-13-21-35-32-20-9-12-25-39(32)51-42(35)38/h1-27H/i1D,2D,3D,4D,5D,6D,14D,15D,16D,17D. The normalized spacial score (nSPS) is 14.7. The van der Waals surface area contributed by atoms with E-state index in [1.807, 2.05) is 97.1 Å². The van der Waals surface area contributed by atoms with Crippen LogP contribution < -0.4 is 0 Å². The van der Waals surface area contributed by atoms with Gasteiger partial charge in [0.25, 0.3) is 0 Å². The first-order valence-corrected chi connectivity index (χ1v) is 16.2. The summed E-state index contributed by atoms with van der Waals surface area (Å²) >= 11 is 0. The lowest BCUT2D eigenvalue weighted by molar-refractivity contribution is 0.666. The Kier molecular flexibility index (Phi) is 4.17. The van der Waals surface area contributed by atoms with E-state index in [0.29, 0.717) is 16.6 Å². The third-order valence-electron chi connectivity index (χ3n) is 9.36. The third-order valence-corrected chi connectivity index (χ3v) is 9.36. The van der Waals surface area contributed by atoms with Gasteiger partial charge in [-0.1, -0.05) is 139 Å². The van der Waals surface area contributed by atoms with Gasteiger partial charge in [0, 0.05) is 43.4 Å². The largest absolute Gasteiger partial charge is 0.454 e. The van der Waals surface area contributed by atoms with Gasteiger partial charge in [-0.25, -0.2) is 4.98 Å². The molecule has 0 saturated heterocycles. The van der Waals surface area contributed by atoms with Crippen LogP contribution in [0, 0.1) is 0 Å². The molecule has 0 atom stereocenters. The second-order valence-electron chi connectivity index (χ2n) is 12.1. The Morgan fingerprint density at radius 2 is 0.980 bits per heavy atom. The molecule has 4 aromatic heterocycles. The second kappa shape index (κ2) is 10.7. The van der Waals surface area contributed by atoms with Crippen molar-refractivity contribution in [2.75, 3.05) is 0 Å². The summed E-state index contributed by atoms with van der Waals surface area (Å²) in [5.41, 5.74) is 4.36. The summed E-state index contributed by atoms with van der Waals surface area (Å²) in [6, 6.07) is 27.5. The molecule has 6 nitrogen and oxygen atoms in total. The topological polar surface area (TPSA) is 61.7 Å². The van der Waals surface area contributed by atoms with Crippen LogP contribution in [0.2, 0.25) is 0 Å². The summed E-state index contributed by atoms with van der Waals surface area (Å²) in [6.45, 7) is 0. The molecule has 0 saturated carbocycles. The van der Waals surface area contributed by atoms with Crippen LogP contribution in [0.4, 0.5) is 0 Å². The van der Waals surface area contributed by atoms with Crippen molar-refractivity contribution in [1.82, 2.24) is 24.1 Å². The fourth-order valence-electron chi connectivity index (χ4n) is 7.28. The van der Waals surface area contributed by atoms with Crippen molar-refractivity contribution in [1.29, 1.82) is 0 Å². The van der Waals surface area contributed by atoms with Gasteiger partial charge in [-0.2, -0.15) is 9.97 Å². The molecule has 0 bridgehead atoms. The number of hydrogen-bond donors (Lipinski definition) is 0. The van der Waals surface area contributed by atoms with Crippen molar-refractivity contribution in [3.8, 4) is 34.4 Å². The van der Waals surface area contributed by atoms with E-state index in [9.17, 15) is 0 Å². The molecule has 7 aromatic carbocycles. The first kappa shape index (κ1) is 19.8. The summed E-state index contributed by atoms with van der Waals surface area (Å²) in [6.07, 6.45) is 0. The molecule has 238 valence electrons. The van der Waals surface area contributed by atoms with Gasteiger partial charge in [-0.15, -0.1) is 0 Å². The monoisotopic (exact) mass is 663 g/mol. The van der Waals surface area contributed by atoms with Gasteiger partial charge in [0.1, 0.15) is 5.58 Å².